The molecule has 0 heterocycles. The van der Waals surface area contributed by atoms with E-state index in [0.717, 1.165) is 27.4 Å². The average Bonchev–Trinajstić information content (AvgIpc) is 2.95. The van der Waals surface area contributed by atoms with E-state index in [1.807, 2.05) is 39.8 Å². The predicted molar refractivity (Wildman–Crippen MR) is 158 cm³/mol. The molecule has 0 bridgehead atoms. The lowest BCUT2D eigenvalue weighted by Gasteiger charge is -2.32. The second kappa shape index (κ2) is 13.5. The molecule has 0 saturated carbocycles. The van der Waals surface area contributed by atoms with Gasteiger partial charge in [0.05, 0.1) is 17.7 Å². The Bertz CT molecular complexity index is 1390. The summed E-state index contributed by atoms with van der Waals surface area (Å²) in [7, 11) is -2.52. The highest BCUT2D eigenvalue weighted by molar-refractivity contribution is 7.92. The van der Waals surface area contributed by atoms with Crippen LogP contribution >= 0.6 is 0 Å². The van der Waals surface area contributed by atoms with Gasteiger partial charge in [0.15, 0.2) is 0 Å². The molecular formula is C31H39N3O5S. The topological polar surface area (TPSA) is 96.0 Å². The van der Waals surface area contributed by atoms with E-state index >= 15 is 0 Å². The summed E-state index contributed by atoms with van der Waals surface area (Å²) in [5.41, 5.74) is 3.02. The van der Waals surface area contributed by atoms with Gasteiger partial charge < -0.3 is 15.0 Å². The lowest BCUT2D eigenvalue weighted by molar-refractivity contribution is -0.139. The Kier molecular flexibility index (Phi) is 10.3. The first kappa shape index (κ1) is 30.7. The first-order valence-corrected chi connectivity index (χ1v) is 14.8. The van der Waals surface area contributed by atoms with Crippen molar-refractivity contribution in [2.45, 2.75) is 64.6 Å². The van der Waals surface area contributed by atoms with Gasteiger partial charge in [0.1, 0.15) is 18.3 Å². The van der Waals surface area contributed by atoms with Crippen LogP contribution in [0.3, 0.4) is 0 Å². The van der Waals surface area contributed by atoms with E-state index < -0.39 is 28.5 Å². The summed E-state index contributed by atoms with van der Waals surface area (Å²) in [6.45, 7) is 8.94. The Balaban J connectivity index is 2.01. The number of amides is 2. The second-order valence-corrected chi connectivity index (χ2v) is 11.9. The number of nitrogens with zero attached hydrogens (tertiary/aromatic N) is 2. The lowest BCUT2D eigenvalue weighted by atomic mass is 10.1. The van der Waals surface area contributed by atoms with Crippen LogP contribution < -0.4 is 14.4 Å². The van der Waals surface area contributed by atoms with Gasteiger partial charge in [-0.3, -0.25) is 13.9 Å². The van der Waals surface area contributed by atoms with E-state index in [1.54, 1.807) is 62.6 Å². The highest BCUT2D eigenvalue weighted by Crippen LogP contribution is 2.25. The molecule has 9 heteroatoms. The highest BCUT2D eigenvalue weighted by Gasteiger charge is 2.32. The Morgan fingerprint density at radius 3 is 1.95 bits per heavy atom. The molecule has 1 N–H and O–H groups in total. The fourth-order valence-corrected chi connectivity index (χ4v) is 5.47. The van der Waals surface area contributed by atoms with Crippen molar-refractivity contribution in [1.82, 2.24) is 10.2 Å². The van der Waals surface area contributed by atoms with Gasteiger partial charge in [-0.1, -0.05) is 54.4 Å². The standard InChI is InChI=1S/C31H39N3O5S/c1-7-24(4)32-31(36)25(5)33(20-26-12-16-28(39-6)17-13-26)30(35)21-34(27-14-8-22(2)9-15-27)40(37,38)29-18-10-23(3)11-19-29/h8-19,24-25H,7,20-21H2,1-6H3,(H,32,36)/t24-,25-/m1/s1. The van der Waals surface area contributed by atoms with Gasteiger partial charge in [0.25, 0.3) is 10.0 Å². The van der Waals surface area contributed by atoms with Crippen LogP contribution in [0.5, 0.6) is 5.75 Å². The van der Waals surface area contributed by atoms with Gasteiger partial charge in [0, 0.05) is 12.6 Å². The van der Waals surface area contributed by atoms with E-state index in [9.17, 15) is 18.0 Å². The van der Waals surface area contributed by atoms with Gasteiger partial charge >= 0.3 is 0 Å². The van der Waals surface area contributed by atoms with Crippen molar-refractivity contribution < 1.29 is 22.7 Å². The van der Waals surface area contributed by atoms with Crippen LogP contribution in [-0.4, -0.2) is 50.9 Å². The van der Waals surface area contributed by atoms with Gasteiger partial charge in [0.2, 0.25) is 11.8 Å². The fraction of sp³-hybridized carbons (Fsp3) is 0.355. The molecule has 0 radical (unpaired) electrons. The van der Waals surface area contributed by atoms with Crippen LogP contribution in [-0.2, 0) is 26.2 Å². The summed E-state index contributed by atoms with van der Waals surface area (Å²) in [5.74, 6) is -0.141. The fourth-order valence-electron chi connectivity index (χ4n) is 4.05. The largest absolute Gasteiger partial charge is 0.497 e. The van der Waals surface area contributed by atoms with Crippen LogP contribution in [0.2, 0.25) is 0 Å². The van der Waals surface area contributed by atoms with E-state index in [4.69, 9.17) is 4.74 Å². The van der Waals surface area contributed by atoms with Crippen molar-refractivity contribution in [2.24, 2.45) is 0 Å². The molecule has 2 atom stereocenters. The third-order valence-corrected chi connectivity index (χ3v) is 8.68. The number of nitrogens with one attached hydrogen (secondary N) is 1. The molecule has 0 fully saturated rings. The Hall–Kier alpha value is -3.85. The van der Waals surface area contributed by atoms with Gasteiger partial charge in [-0.25, -0.2) is 8.42 Å². The van der Waals surface area contributed by atoms with Crippen molar-refractivity contribution in [1.29, 1.82) is 0 Å². The van der Waals surface area contributed by atoms with E-state index in [0.29, 0.717) is 11.4 Å². The zero-order valence-corrected chi connectivity index (χ0v) is 24.9. The number of benzene rings is 3. The van der Waals surface area contributed by atoms with Crippen LogP contribution in [0.25, 0.3) is 0 Å². The molecule has 0 spiro atoms. The quantitative estimate of drug-likeness (QED) is 0.339. The normalized spacial score (nSPS) is 12.8. The minimum Gasteiger partial charge on any atom is -0.497 e. The second-order valence-electron chi connectivity index (χ2n) is 10.0. The third-order valence-electron chi connectivity index (χ3n) is 6.89. The number of ether oxygens (including phenoxy) is 1. The summed E-state index contributed by atoms with van der Waals surface area (Å²) < 4.78 is 34.1. The zero-order chi connectivity index (χ0) is 29.4. The molecule has 0 saturated heterocycles. The maximum Gasteiger partial charge on any atom is 0.264 e. The SMILES string of the molecule is CC[C@@H](C)NC(=O)[C@@H](C)N(Cc1ccc(OC)cc1)C(=O)CN(c1ccc(C)cc1)S(=O)(=O)c1ccc(C)cc1. The van der Waals surface area contributed by atoms with Crippen LogP contribution in [0, 0.1) is 13.8 Å². The summed E-state index contributed by atoms with van der Waals surface area (Å²) in [6.07, 6.45) is 0.737. The molecule has 2 amide bonds. The molecule has 40 heavy (non-hydrogen) atoms. The molecule has 3 aromatic carbocycles. The molecule has 0 aliphatic heterocycles. The van der Waals surface area contributed by atoms with Crippen molar-refractivity contribution in [3.63, 3.8) is 0 Å². The molecule has 0 aliphatic rings. The summed E-state index contributed by atoms with van der Waals surface area (Å²) in [4.78, 5) is 28.6. The third kappa shape index (κ3) is 7.63. The number of aryl methyl sites for hydroxylation is 2. The van der Waals surface area contributed by atoms with Crippen molar-refractivity contribution in [2.75, 3.05) is 18.0 Å². The molecule has 214 valence electrons. The number of sulfonamides is 1. The maximum atomic E-state index is 14.0. The number of hydrogen-bond donors (Lipinski definition) is 1. The van der Waals surface area contributed by atoms with Crippen LogP contribution in [0.15, 0.2) is 77.7 Å². The number of carbonyl (C=O) groups excluding carboxylic acids is 2. The van der Waals surface area contributed by atoms with Crippen LogP contribution in [0.4, 0.5) is 5.69 Å². The number of anilines is 1. The van der Waals surface area contributed by atoms with Crippen molar-refractivity contribution in [3.05, 3.63) is 89.5 Å². The first-order chi connectivity index (χ1) is 19.0. The number of carbonyl (C=O) groups is 2. The van der Waals surface area contributed by atoms with Crippen molar-refractivity contribution in [3.8, 4) is 5.75 Å². The Morgan fingerprint density at radius 1 is 0.875 bits per heavy atom. The summed E-state index contributed by atoms with van der Waals surface area (Å²) in [5, 5.41) is 2.94. The minimum atomic E-state index is -4.09. The van der Waals surface area contributed by atoms with E-state index in [1.165, 1.54) is 17.0 Å². The number of hydrogen-bond acceptors (Lipinski definition) is 5. The molecular weight excluding hydrogens is 526 g/mol. The average molecular weight is 566 g/mol. The smallest absolute Gasteiger partial charge is 0.264 e. The number of methoxy groups -OCH3 is 1. The molecule has 8 nitrogen and oxygen atoms in total. The lowest BCUT2D eigenvalue weighted by Crippen LogP contribution is -2.52. The monoisotopic (exact) mass is 565 g/mol. The Morgan fingerprint density at radius 2 is 1.43 bits per heavy atom. The first-order valence-electron chi connectivity index (χ1n) is 13.3. The molecule has 0 aromatic heterocycles. The van der Waals surface area contributed by atoms with Gasteiger partial charge in [-0.15, -0.1) is 0 Å². The van der Waals surface area contributed by atoms with Crippen molar-refractivity contribution >= 4 is 27.5 Å². The van der Waals surface area contributed by atoms with Gasteiger partial charge in [-0.05, 0) is 76.1 Å². The van der Waals surface area contributed by atoms with E-state index in [2.05, 4.69) is 5.32 Å². The van der Waals surface area contributed by atoms with E-state index in [-0.39, 0.29) is 23.4 Å². The maximum absolute atomic E-state index is 14.0. The molecule has 3 aromatic rings. The molecule has 0 aliphatic carbocycles. The van der Waals surface area contributed by atoms with Crippen LogP contribution in [0.1, 0.15) is 43.9 Å². The molecule has 3 rings (SSSR count). The minimum absolute atomic E-state index is 0.0705. The van der Waals surface area contributed by atoms with Gasteiger partial charge in [-0.2, -0.15) is 0 Å². The summed E-state index contributed by atoms with van der Waals surface area (Å²) >= 11 is 0. The summed E-state index contributed by atoms with van der Waals surface area (Å²) in [6, 6.07) is 19.8. The predicted octanol–water partition coefficient (Wildman–Crippen LogP) is 4.84. The molecule has 0 unspecified atom stereocenters. The zero-order valence-electron chi connectivity index (χ0n) is 24.0. The highest BCUT2D eigenvalue weighted by atomic mass is 32.2. The number of rotatable bonds is 12. The Labute approximate surface area is 238 Å².